The van der Waals surface area contributed by atoms with Crippen LogP contribution in [0.1, 0.15) is 16.1 Å². The Balaban J connectivity index is 2.16. The molecule has 0 atom stereocenters. The Bertz CT molecular complexity index is 779. The van der Waals surface area contributed by atoms with Gasteiger partial charge in [-0.25, -0.2) is 14.0 Å². The summed E-state index contributed by atoms with van der Waals surface area (Å²) in [7, 11) is 0. The van der Waals surface area contributed by atoms with E-state index >= 15 is 0 Å². The highest BCUT2D eigenvalue weighted by Gasteiger charge is 2.10. The number of benzene rings is 1. The van der Waals surface area contributed by atoms with Crippen molar-refractivity contribution in [2.75, 3.05) is 0 Å². The van der Waals surface area contributed by atoms with Crippen LogP contribution in [-0.4, -0.2) is 21.8 Å². The molecule has 1 aromatic heterocycles. The number of H-pyrrole nitrogens is 2. The summed E-state index contributed by atoms with van der Waals surface area (Å²) in [5.41, 5.74) is 3.88. The minimum absolute atomic E-state index is 0.171. The summed E-state index contributed by atoms with van der Waals surface area (Å²) < 4.78 is 12.7. The lowest BCUT2D eigenvalue weighted by Gasteiger charge is -2.01. The van der Waals surface area contributed by atoms with Crippen LogP contribution in [0.4, 0.5) is 4.39 Å². The maximum absolute atomic E-state index is 12.7. The van der Waals surface area contributed by atoms with Gasteiger partial charge < -0.3 is 15.6 Å². The first-order valence-corrected chi connectivity index (χ1v) is 5.60. The van der Waals surface area contributed by atoms with Crippen LogP contribution in [0.5, 0.6) is 0 Å². The minimum atomic E-state index is -1.07. The Morgan fingerprint density at radius 2 is 1.86 bits per heavy atom. The van der Waals surface area contributed by atoms with Gasteiger partial charge >= 0.3 is 11.7 Å². The molecule has 4 N–H and O–H groups in total. The van der Waals surface area contributed by atoms with Crippen LogP contribution < -0.4 is 17.0 Å². The maximum atomic E-state index is 12.7. The number of carbonyl (C=O) groups excluding carboxylic acids is 1. The van der Waals surface area contributed by atoms with E-state index in [0.29, 0.717) is 5.56 Å². The zero-order valence-corrected chi connectivity index (χ0v) is 10.4. The van der Waals surface area contributed by atoms with Gasteiger partial charge in [0.1, 0.15) is 11.5 Å². The van der Waals surface area contributed by atoms with Crippen LogP contribution in [0, 0.1) is 5.82 Å². The van der Waals surface area contributed by atoms with E-state index in [2.05, 4.69) is 15.0 Å². The van der Waals surface area contributed by atoms with Crippen molar-refractivity contribution >= 4 is 11.8 Å². The molecule has 0 saturated carbocycles. The molecule has 0 bridgehead atoms. The van der Waals surface area contributed by atoms with E-state index < -0.39 is 23.0 Å². The molecule has 1 heterocycles. The fraction of sp³-hybridized carbons (Fsp3) is 0. The lowest BCUT2D eigenvalue weighted by Crippen LogP contribution is -2.25. The predicted molar refractivity (Wildman–Crippen MR) is 70.2 cm³/mol. The molecule has 8 nitrogen and oxygen atoms in total. The van der Waals surface area contributed by atoms with Crippen LogP contribution in [0.2, 0.25) is 0 Å². The number of rotatable bonds is 3. The first-order chi connectivity index (χ1) is 9.95. The topological polar surface area (TPSA) is 130 Å². The Kier molecular flexibility index (Phi) is 3.93. The van der Waals surface area contributed by atoms with Gasteiger partial charge in [-0.2, -0.15) is 0 Å². The van der Waals surface area contributed by atoms with Gasteiger partial charge in [0.05, 0.1) is 0 Å². The van der Waals surface area contributed by atoms with Crippen molar-refractivity contribution < 1.29 is 14.0 Å². The van der Waals surface area contributed by atoms with Crippen LogP contribution in [0.15, 0.2) is 45.1 Å². The van der Waals surface area contributed by atoms with Gasteiger partial charge in [-0.05, 0) is 24.3 Å². The average molecular weight is 292 g/mol. The molecule has 0 spiro atoms. The lowest BCUT2D eigenvalue weighted by atomic mass is 10.2. The fourth-order valence-corrected chi connectivity index (χ4v) is 1.39. The summed E-state index contributed by atoms with van der Waals surface area (Å²) in [6, 6.07) is 5.85. The third-order valence-electron chi connectivity index (χ3n) is 2.35. The monoisotopic (exact) mass is 292 g/mol. The number of oxime groups is 1. The molecule has 0 radical (unpaired) electrons. The summed E-state index contributed by atoms with van der Waals surface area (Å²) in [5.74, 6) is -1.69. The number of nitrogens with zero attached hydrogens (tertiary/aromatic N) is 1. The van der Waals surface area contributed by atoms with Gasteiger partial charge in [0.2, 0.25) is 0 Å². The molecule has 108 valence electrons. The van der Waals surface area contributed by atoms with Gasteiger partial charge in [0, 0.05) is 11.6 Å². The molecule has 0 amide bonds. The highest BCUT2D eigenvalue weighted by Crippen LogP contribution is 2.03. The molecule has 1 aromatic carbocycles. The van der Waals surface area contributed by atoms with Gasteiger partial charge in [0.15, 0.2) is 5.84 Å². The molecule has 2 aromatic rings. The van der Waals surface area contributed by atoms with Crippen molar-refractivity contribution in [1.29, 1.82) is 0 Å². The highest BCUT2D eigenvalue weighted by atomic mass is 19.1. The second kappa shape index (κ2) is 5.82. The summed E-state index contributed by atoms with van der Waals surface area (Å²) in [4.78, 5) is 42.0. The van der Waals surface area contributed by atoms with Gasteiger partial charge in [0.25, 0.3) is 5.56 Å². The third-order valence-corrected chi connectivity index (χ3v) is 2.35. The van der Waals surface area contributed by atoms with Gasteiger partial charge in [-0.1, -0.05) is 5.16 Å². The molecular weight excluding hydrogens is 283 g/mol. The molecule has 0 unspecified atom stereocenters. The van der Waals surface area contributed by atoms with Crippen molar-refractivity contribution in [1.82, 2.24) is 9.97 Å². The van der Waals surface area contributed by atoms with E-state index in [1.165, 1.54) is 12.1 Å². The van der Waals surface area contributed by atoms with E-state index in [1.807, 2.05) is 4.98 Å². The number of hydrogen-bond donors (Lipinski definition) is 3. The Morgan fingerprint density at radius 1 is 1.19 bits per heavy atom. The standard InChI is InChI=1S/C12H9FN4O4/c13-7-3-1-6(2-4-7)10(14)17-21-11(19)8-5-9(18)16-12(20)15-8/h1-5H,(H2,14,17)(H2,15,16,18,20). The van der Waals surface area contributed by atoms with Crippen LogP contribution in [0.25, 0.3) is 0 Å². The molecule has 0 saturated heterocycles. The lowest BCUT2D eigenvalue weighted by molar-refractivity contribution is 0.0508. The predicted octanol–water partition coefficient (Wildman–Crippen LogP) is -0.320. The van der Waals surface area contributed by atoms with Crippen molar-refractivity contribution in [2.24, 2.45) is 10.9 Å². The maximum Gasteiger partial charge on any atom is 0.382 e. The number of aromatic nitrogens is 2. The zero-order valence-electron chi connectivity index (χ0n) is 10.4. The van der Waals surface area contributed by atoms with Crippen molar-refractivity contribution in [2.45, 2.75) is 0 Å². The smallest absolute Gasteiger partial charge is 0.380 e. The Morgan fingerprint density at radius 3 is 2.48 bits per heavy atom. The number of halogens is 1. The van der Waals surface area contributed by atoms with Crippen molar-refractivity contribution in [3.63, 3.8) is 0 Å². The minimum Gasteiger partial charge on any atom is -0.380 e. The fourth-order valence-electron chi connectivity index (χ4n) is 1.39. The Hall–Kier alpha value is -3.23. The highest BCUT2D eigenvalue weighted by molar-refractivity contribution is 5.97. The van der Waals surface area contributed by atoms with Crippen LogP contribution >= 0.6 is 0 Å². The first-order valence-electron chi connectivity index (χ1n) is 5.60. The second-order valence-electron chi connectivity index (χ2n) is 3.86. The summed E-state index contributed by atoms with van der Waals surface area (Å²) in [6.45, 7) is 0. The van der Waals surface area contributed by atoms with Gasteiger partial charge in [-0.15, -0.1) is 0 Å². The second-order valence-corrected chi connectivity index (χ2v) is 3.86. The number of nitrogens with two attached hydrogens (primary N) is 1. The molecule has 9 heteroatoms. The van der Waals surface area contributed by atoms with Crippen LogP contribution in [0.3, 0.4) is 0 Å². The van der Waals surface area contributed by atoms with Crippen LogP contribution in [-0.2, 0) is 4.84 Å². The normalized spacial score (nSPS) is 11.2. The van der Waals surface area contributed by atoms with Crippen molar-refractivity contribution in [3.05, 3.63) is 68.2 Å². The third kappa shape index (κ3) is 3.62. The molecule has 0 aliphatic heterocycles. The number of carbonyl (C=O) groups is 1. The van der Waals surface area contributed by atoms with E-state index in [-0.39, 0.29) is 11.5 Å². The average Bonchev–Trinajstić information content (AvgIpc) is 2.44. The van der Waals surface area contributed by atoms with E-state index in [1.54, 1.807) is 0 Å². The van der Waals surface area contributed by atoms with E-state index in [4.69, 9.17) is 5.73 Å². The molecule has 2 rings (SSSR count). The zero-order chi connectivity index (χ0) is 15.4. The largest absolute Gasteiger partial charge is 0.382 e. The molecule has 0 aliphatic rings. The number of nitrogens with one attached hydrogen (secondary N) is 2. The van der Waals surface area contributed by atoms with E-state index in [0.717, 1.165) is 18.2 Å². The van der Waals surface area contributed by atoms with E-state index in [9.17, 15) is 18.8 Å². The summed E-state index contributed by atoms with van der Waals surface area (Å²) in [5, 5.41) is 3.35. The molecule has 0 aliphatic carbocycles. The molecular formula is C12H9FN4O4. The number of amidine groups is 1. The summed E-state index contributed by atoms with van der Waals surface area (Å²) in [6.07, 6.45) is 0. The number of hydrogen-bond acceptors (Lipinski definition) is 5. The Labute approximate surface area is 116 Å². The van der Waals surface area contributed by atoms with Crippen molar-refractivity contribution in [3.8, 4) is 0 Å². The summed E-state index contributed by atoms with van der Waals surface area (Å²) >= 11 is 0. The number of aromatic amines is 2. The molecule has 0 fully saturated rings. The van der Waals surface area contributed by atoms with Gasteiger partial charge in [-0.3, -0.25) is 9.78 Å². The SMILES string of the molecule is N/C(=N\OC(=O)c1cc(=O)[nH]c(=O)[nH]1)c1ccc(F)cc1. The first kappa shape index (κ1) is 14.2. The molecule has 21 heavy (non-hydrogen) atoms. The quantitative estimate of drug-likeness (QED) is 0.309.